The molecule has 0 amide bonds. The minimum absolute atomic E-state index is 0.166. The fourth-order valence-electron chi connectivity index (χ4n) is 4.26. The molecule has 2 aromatic carbocycles. The van der Waals surface area contributed by atoms with Crippen LogP contribution in [0, 0.1) is 0 Å². The quantitative estimate of drug-likeness (QED) is 0.385. The van der Waals surface area contributed by atoms with Gasteiger partial charge in [0.25, 0.3) is 0 Å². The zero-order valence-corrected chi connectivity index (χ0v) is 21.0. The second-order valence-corrected chi connectivity index (χ2v) is 10.8. The topological polar surface area (TPSA) is 55.3 Å². The van der Waals surface area contributed by atoms with E-state index in [9.17, 15) is 0 Å². The molecule has 2 unspecified atom stereocenters. The molecule has 0 radical (unpaired) electrons. The summed E-state index contributed by atoms with van der Waals surface area (Å²) >= 11 is -0.886. The van der Waals surface area contributed by atoms with E-state index in [2.05, 4.69) is 64.1 Å². The Morgan fingerprint density at radius 2 is 1.00 bits per heavy atom. The normalized spacial score (nSPS) is 14.1. The van der Waals surface area contributed by atoms with Crippen molar-refractivity contribution in [3.05, 3.63) is 69.8 Å². The summed E-state index contributed by atoms with van der Waals surface area (Å²) < 4.78 is 2.02. The molecule has 0 saturated carbocycles. The molecule has 0 aliphatic rings. The number of aryl methyl sites for hydroxylation is 4. The molecule has 2 aromatic rings. The summed E-state index contributed by atoms with van der Waals surface area (Å²) in [4.78, 5) is 0. The van der Waals surface area contributed by atoms with Crippen LogP contribution in [0.15, 0.2) is 36.4 Å². The van der Waals surface area contributed by atoms with Gasteiger partial charge in [-0.2, -0.15) is 0 Å². The Labute approximate surface area is 195 Å². The number of halogens is 2. The van der Waals surface area contributed by atoms with E-state index < -0.39 is 12.3 Å². The average molecular weight is 501 g/mol. The van der Waals surface area contributed by atoms with Crippen molar-refractivity contribution >= 4 is 20.2 Å². The number of hydrogen-bond acceptors (Lipinski definition) is 3. The van der Waals surface area contributed by atoms with Crippen molar-refractivity contribution in [2.75, 3.05) is 13.1 Å². The number of benzene rings is 2. The van der Waals surface area contributed by atoms with Crippen molar-refractivity contribution in [2.24, 2.45) is 11.5 Å². The van der Waals surface area contributed by atoms with Crippen LogP contribution in [0.3, 0.4) is 0 Å². The Kier molecular flexibility index (Phi) is 10.7. The van der Waals surface area contributed by atoms with Crippen molar-refractivity contribution in [3.8, 4) is 0 Å². The van der Waals surface area contributed by atoms with Crippen molar-refractivity contribution in [3.63, 3.8) is 0 Å². The fraction of sp³-hybridized carbons (Fsp3) is 0.500. The number of rotatable bonds is 11. The van der Waals surface area contributed by atoms with Crippen LogP contribution in [-0.4, -0.2) is 17.0 Å². The molecule has 4 N–H and O–H groups in total. The standard InChI is InChI=1S/C24H36N3.2ClH.Cu/c1-5-17-11-9-12-18(6-2)23(17)21(25)15-27-16-22(26)24-19(7-3)13-10-14-20(24)8-4;;;/h9-14,21-22H,5-8,15-16,25-26H2,1-4H3;2*1H;/q-1;;;+3/p-2. The van der Waals surface area contributed by atoms with Gasteiger partial charge in [-0.3, -0.25) is 0 Å². The SMILES string of the molecule is CCc1cccc(CC)c1C(N)C[N](CC(N)c1c(CC)cccc1CC)[Cu]([Cl])[Cl]. The molecule has 0 heterocycles. The van der Waals surface area contributed by atoms with Gasteiger partial charge < -0.3 is 0 Å². The van der Waals surface area contributed by atoms with E-state index in [1.165, 1.54) is 33.4 Å². The number of nitrogens with two attached hydrogens (primary N) is 2. The molecule has 0 bridgehead atoms. The zero-order chi connectivity index (χ0) is 22.3. The Hall–Kier alpha value is -0.581. The summed E-state index contributed by atoms with van der Waals surface area (Å²) in [5.74, 6) is 0. The van der Waals surface area contributed by atoms with Gasteiger partial charge in [0.2, 0.25) is 0 Å². The molecule has 0 aromatic heterocycles. The van der Waals surface area contributed by atoms with Crippen molar-refractivity contribution in [2.45, 2.75) is 65.5 Å². The first-order chi connectivity index (χ1) is 14.4. The van der Waals surface area contributed by atoms with E-state index in [-0.39, 0.29) is 12.1 Å². The molecule has 0 saturated heterocycles. The third-order valence-corrected chi connectivity index (χ3v) is 7.73. The van der Waals surface area contributed by atoms with Gasteiger partial charge in [0.15, 0.2) is 0 Å². The van der Waals surface area contributed by atoms with Crippen molar-refractivity contribution in [1.82, 2.24) is 3.92 Å². The summed E-state index contributed by atoms with van der Waals surface area (Å²) in [7, 11) is 12.8. The van der Waals surface area contributed by atoms with Gasteiger partial charge in [-0.15, -0.1) is 0 Å². The van der Waals surface area contributed by atoms with Gasteiger partial charge in [0.1, 0.15) is 0 Å². The average Bonchev–Trinajstić information content (AvgIpc) is 2.76. The summed E-state index contributed by atoms with van der Waals surface area (Å²) in [5.41, 5.74) is 21.0. The first kappa shape index (κ1) is 25.7. The van der Waals surface area contributed by atoms with E-state index in [1.807, 2.05) is 3.92 Å². The first-order valence-corrected chi connectivity index (χ1v) is 13.8. The predicted molar refractivity (Wildman–Crippen MR) is 128 cm³/mol. The summed E-state index contributed by atoms with van der Waals surface area (Å²) in [6.07, 6.45) is 3.81. The molecule has 0 spiro atoms. The van der Waals surface area contributed by atoms with E-state index in [0.29, 0.717) is 13.1 Å². The van der Waals surface area contributed by atoms with Gasteiger partial charge in [0, 0.05) is 0 Å². The molecule has 2 atom stereocenters. The van der Waals surface area contributed by atoms with Crippen molar-refractivity contribution in [1.29, 1.82) is 0 Å². The van der Waals surface area contributed by atoms with E-state index in [0.717, 1.165) is 25.7 Å². The third kappa shape index (κ3) is 6.23. The van der Waals surface area contributed by atoms with Crippen molar-refractivity contribution < 1.29 is 12.3 Å². The molecule has 0 aliphatic heterocycles. The molecule has 172 valence electrons. The third-order valence-electron chi connectivity index (χ3n) is 5.74. The Bertz CT molecular complexity index is 705. The van der Waals surface area contributed by atoms with Gasteiger partial charge in [-0.1, -0.05) is 0 Å². The van der Waals surface area contributed by atoms with Gasteiger partial charge in [-0.25, -0.2) is 0 Å². The monoisotopic (exact) mass is 499 g/mol. The van der Waals surface area contributed by atoms with Crippen LogP contribution in [0.2, 0.25) is 0 Å². The van der Waals surface area contributed by atoms with Crippen LogP contribution in [-0.2, 0) is 38.0 Å². The van der Waals surface area contributed by atoms with E-state index >= 15 is 0 Å². The fourth-order valence-corrected chi connectivity index (χ4v) is 5.57. The molecule has 0 aliphatic carbocycles. The molecule has 0 fully saturated rings. The van der Waals surface area contributed by atoms with Crippen LogP contribution in [0.4, 0.5) is 0 Å². The molecule has 3 nitrogen and oxygen atoms in total. The molecule has 30 heavy (non-hydrogen) atoms. The maximum atomic E-state index is 6.72. The first-order valence-electron chi connectivity index (χ1n) is 10.8. The van der Waals surface area contributed by atoms with Gasteiger partial charge >= 0.3 is 196 Å². The maximum absolute atomic E-state index is 6.72. The van der Waals surface area contributed by atoms with Crippen LogP contribution >= 0.6 is 20.2 Å². The molecular weight excluding hydrogens is 465 g/mol. The molecule has 2 rings (SSSR count). The Balaban J connectivity index is 2.28. The second kappa shape index (κ2) is 12.5. The van der Waals surface area contributed by atoms with E-state index in [1.54, 1.807) is 0 Å². The Morgan fingerprint density at radius 3 is 1.23 bits per heavy atom. The van der Waals surface area contributed by atoms with E-state index in [4.69, 9.17) is 31.7 Å². The molecule has 6 heteroatoms. The Morgan fingerprint density at radius 1 is 0.700 bits per heavy atom. The van der Waals surface area contributed by atoms with Crippen LogP contribution in [0.5, 0.6) is 0 Å². The second-order valence-electron chi connectivity index (χ2n) is 7.53. The summed E-state index contributed by atoms with van der Waals surface area (Å²) in [6, 6.07) is 12.5. The zero-order valence-electron chi connectivity index (χ0n) is 18.5. The number of nitrogens with zero attached hydrogens (tertiary/aromatic N) is 1. The predicted octanol–water partition coefficient (Wildman–Crippen LogP) is 5.78. The van der Waals surface area contributed by atoms with Crippen LogP contribution in [0.25, 0.3) is 0 Å². The molecular formula is C24H36Cl2CuN3. The van der Waals surface area contributed by atoms with Gasteiger partial charge in [-0.05, 0) is 0 Å². The summed E-state index contributed by atoms with van der Waals surface area (Å²) in [5, 5.41) is 0. The van der Waals surface area contributed by atoms with Gasteiger partial charge in [0.05, 0.1) is 0 Å². The van der Waals surface area contributed by atoms with Crippen LogP contribution < -0.4 is 11.5 Å². The summed E-state index contributed by atoms with van der Waals surface area (Å²) in [6.45, 7) is 9.81. The van der Waals surface area contributed by atoms with Crippen LogP contribution in [0.1, 0.15) is 73.2 Å². The number of hydrogen-bond donors (Lipinski definition) is 2. The minimum atomic E-state index is -0.886.